The van der Waals surface area contributed by atoms with Crippen molar-refractivity contribution < 1.29 is 4.79 Å². The summed E-state index contributed by atoms with van der Waals surface area (Å²) >= 11 is 1.68. The van der Waals surface area contributed by atoms with Crippen molar-refractivity contribution in [3.05, 3.63) is 36.2 Å². The number of para-hydroxylation sites is 1. The predicted molar refractivity (Wildman–Crippen MR) is 96.5 cm³/mol. The van der Waals surface area contributed by atoms with Crippen molar-refractivity contribution >= 4 is 17.5 Å². The Morgan fingerprint density at radius 3 is 2.62 bits per heavy atom. The van der Waals surface area contributed by atoms with Crippen molar-refractivity contribution in [2.45, 2.75) is 44.3 Å². The molecule has 1 fully saturated rings. The van der Waals surface area contributed by atoms with Crippen molar-refractivity contribution in [1.82, 2.24) is 19.7 Å². The van der Waals surface area contributed by atoms with Crippen LogP contribution in [0.3, 0.4) is 0 Å². The third kappa shape index (κ3) is 4.45. The summed E-state index contributed by atoms with van der Waals surface area (Å²) in [6, 6.07) is 10.3. The van der Waals surface area contributed by atoms with Gasteiger partial charge in [0.05, 0.1) is 6.54 Å². The molecule has 0 atom stereocenters. The van der Waals surface area contributed by atoms with Crippen LogP contribution in [0.5, 0.6) is 0 Å². The molecule has 1 aromatic heterocycles. The molecular formula is C18H24N4OS. The number of Topliss-reactive ketones (excluding diaryl/α,β-unsaturated/α-hetero) is 1. The number of thioether (sulfide) groups is 1. The van der Waals surface area contributed by atoms with Crippen molar-refractivity contribution in [3.63, 3.8) is 0 Å². The number of aromatic nitrogens is 3. The monoisotopic (exact) mass is 344 g/mol. The van der Waals surface area contributed by atoms with E-state index in [1.165, 1.54) is 12.8 Å². The lowest BCUT2D eigenvalue weighted by molar-refractivity contribution is -0.117. The number of carbonyl (C=O) groups excluding carboxylic acids is 1. The van der Waals surface area contributed by atoms with E-state index in [4.69, 9.17) is 0 Å². The highest BCUT2D eigenvalue weighted by Gasteiger charge is 2.19. The highest BCUT2D eigenvalue weighted by molar-refractivity contribution is 7.99. The molecule has 0 bridgehead atoms. The average molecular weight is 344 g/mol. The molecule has 0 saturated carbocycles. The van der Waals surface area contributed by atoms with Gasteiger partial charge in [0.1, 0.15) is 5.78 Å². The average Bonchev–Trinajstić information content (AvgIpc) is 3.23. The van der Waals surface area contributed by atoms with Crippen LogP contribution in [0, 0.1) is 0 Å². The van der Waals surface area contributed by atoms with E-state index in [1.54, 1.807) is 18.7 Å². The van der Waals surface area contributed by atoms with Gasteiger partial charge >= 0.3 is 0 Å². The molecule has 0 aliphatic carbocycles. The van der Waals surface area contributed by atoms with Crippen LogP contribution in [0.2, 0.25) is 0 Å². The molecule has 3 rings (SSSR count). The number of benzene rings is 1. The molecule has 2 heterocycles. The molecule has 2 aromatic rings. The fourth-order valence-electron chi connectivity index (χ4n) is 2.96. The van der Waals surface area contributed by atoms with Gasteiger partial charge in [0.15, 0.2) is 11.0 Å². The Kier molecular flexibility index (Phi) is 6.04. The molecule has 0 spiro atoms. The maximum absolute atomic E-state index is 11.1. The number of hydrogen-bond acceptors (Lipinski definition) is 5. The molecule has 0 radical (unpaired) electrons. The summed E-state index contributed by atoms with van der Waals surface area (Å²) in [6.07, 6.45) is 4.05. The lowest BCUT2D eigenvalue weighted by Gasteiger charge is -2.15. The first-order valence-electron chi connectivity index (χ1n) is 8.58. The third-order valence-corrected chi connectivity index (χ3v) is 5.20. The van der Waals surface area contributed by atoms with Crippen molar-refractivity contribution in [2.75, 3.05) is 18.8 Å². The highest BCUT2D eigenvalue weighted by atomic mass is 32.2. The van der Waals surface area contributed by atoms with Gasteiger partial charge in [-0.1, -0.05) is 30.0 Å². The summed E-state index contributed by atoms with van der Waals surface area (Å²) in [5, 5.41) is 9.78. The minimum atomic E-state index is 0.245. The second-order valence-electron chi connectivity index (χ2n) is 6.21. The Bertz CT molecular complexity index is 665. The standard InChI is InChI=1S/C18H24N4OS/c1-15(23)8-7-13-24-18-20-19-17(14-21-11-5-6-12-21)22(18)16-9-3-2-4-10-16/h2-4,9-10H,5-8,11-14H2,1H3. The fourth-order valence-corrected chi connectivity index (χ4v) is 3.87. The van der Waals surface area contributed by atoms with Crippen LogP contribution in [0.15, 0.2) is 35.5 Å². The second kappa shape index (κ2) is 8.44. The van der Waals surface area contributed by atoms with E-state index in [9.17, 15) is 4.79 Å². The SMILES string of the molecule is CC(=O)CCCSc1nnc(CN2CCCC2)n1-c1ccccc1. The van der Waals surface area contributed by atoms with Gasteiger partial charge in [0, 0.05) is 17.9 Å². The Morgan fingerprint density at radius 2 is 1.92 bits per heavy atom. The zero-order valence-corrected chi connectivity index (χ0v) is 15.0. The number of hydrogen-bond donors (Lipinski definition) is 0. The van der Waals surface area contributed by atoms with E-state index in [0.29, 0.717) is 6.42 Å². The molecule has 1 saturated heterocycles. The van der Waals surface area contributed by atoms with Gasteiger partial charge in [0.25, 0.3) is 0 Å². The molecular weight excluding hydrogens is 320 g/mol. The van der Waals surface area contributed by atoms with E-state index < -0.39 is 0 Å². The van der Waals surface area contributed by atoms with E-state index in [-0.39, 0.29) is 5.78 Å². The molecule has 5 nitrogen and oxygen atoms in total. The summed E-state index contributed by atoms with van der Waals surface area (Å²) in [4.78, 5) is 13.5. The minimum Gasteiger partial charge on any atom is -0.300 e. The Hall–Kier alpha value is -1.66. The second-order valence-corrected chi connectivity index (χ2v) is 7.27. The van der Waals surface area contributed by atoms with Gasteiger partial charge in [-0.15, -0.1) is 10.2 Å². The Balaban J connectivity index is 1.77. The summed E-state index contributed by atoms with van der Waals surface area (Å²) in [5.41, 5.74) is 1.10. The number of ketones is 1. The van der Waals surface area contributed by atoms with Gasteiger partial charge in [-0.3, -0.25) is 9.47 Å². The Morgan fingerprint density at radius 1 is 1.17 bits per heavy atom. The summed E-state index contributed by atoms with van der Waals surface area (Å²) in [5.74, 6) is 2.13. The smallest absolute Gasteiger partial charge is 0.195 e. The number of likely N-dealkylation sites (tertiary alicyclic amines) is 1. The maximum atomic E-state index is 11.1. The maximum Gasteiger partial charge on any atom is 0.195 e. The first-order chi connectivity index (χ1) is 11.7. The quantitative estimate of drug-likeness (QED) is 0.543. The van der Waals surface area contributed by atoms with Gasteiger partial charge in [-0.25, -0.2) is 0 Å². The normalized spacial score (nSPS) is 15.0. The molecule has 1 aromatic carbocycles. The number of nitrogens with zero attached hydrogens (tertiary/aromatic N) is 4. The summed E-state index contributed by atoms with van der Waals surface area (Å²) < 4.78 is 2.16. The van der Waals surface area contributed by atoms with Crippen LogP contribution in [0.1, 0.15) is 38.4 Å². The number of rotatable bonds is 8. The lowest BCUT2D eigenvalue weighted by Crippen LogP contribution is -2.21. The third-order valence-electron chi connectivity index (χ3n) is 4.18. The molecule has 0 N–H and O–H groups in total. The van der Waals surface area contributed by atoms with Crippen LogP contribution in [0.4, 0.5) is 0 Å². The van der Waals surface area contributed by atoms with Crippen LogP contribution >= 0.6 is 11.8 Å². The van der Waals surface area contributed by atoms with Crippen LogP contribution < -0.4 is 0 Å². The van der Waals surface area contributed by atoms with Gasteiger partial charge < -0.3 is 4.79 Å². The zero-order chi connectivity index (χ0) is 16.8. The van der Waals surface area contributed by atoms with Gasteiger partial charge in [-0.05, 0) is 51.4 Å². The first-order valence-corrected chi connectivity index (χ1v) is 9.57. The van der Waals surface area contributed by atoms with Gasteiger partial charge in [0.2, 0.25) is 0 Å². The van der Waals surface area contributed by atoms with Crippen molar-refractivity contribution in [2.24, 2.45) is 0 Å². The fraction of sp³-hybridized carbons (Fsp3) is 0.500. The van der Waals surface area contributed by atoms with Crippen molar-refractivity contribution in [3.8, 4) is 5.69 Å². The number of carbonyl (C=O) groups is 1. The van der Waals surface area contributed by atoms with Crippen LogP contribution in [-0.4, -0.2) is 44.3 Å². The molecule has 6 heteroatoms. The largest absolute Gasteiger partial charge is 0.300 e. The topological polar surface area (TPSA) is 51.0 Å². The Labute approximate surface area is 147 Å². The molecule has 0 amide bonds. The van der Waals surface area contributed by atoms with E-state index in [2.05, 4.69) is 31.8 Å². The van der Waals surface area contributed by atoms with Crippen molar-refractivity contribution in [1.29, 1.82) is 0 Å². The molecule has 128 valence electrons. The van der Waals surface area contributed by atoms with E-state index >= 15 is 0 Å². The zero-order valence-electron chi connectivity index (χ0n) is 14.1. The first kappa shape index (κ1) is 17.2. The highest BCUT2D eigenvalue weighted by Crippen LogP contribution is 2.24. The molecule has 0 unspecified atom stereocenters. The summed E-state index contributed by atoms with van der Waals surface area (Å²) in [6.45, 7) is 4.77. The molecule has 24 heavy (non-hydrogen) atoms. The van der Waals surface area contributed by atoms with Crippen LogP contribution in [0.25, 0.3) is 5.69 Å². The molecule has 1 aliphatic heterocycles. The summed E-state index contributed by atoms with van der Waals surface area (Å²) in [7, 11) is 0. The van der Waals surface area contributed by atoms with Gasteiger partial charge in [-0.2, -0.15) is 0 Å². The minimum absolute atomic E-state index is 0.245. The van der Waals surface area contributed by atoms with E-state index in [1.807, 2.05) is 18.2 Å². The van der Waals surface area contributed by atoms with E-state index in [0.717, 1.165) is 48.5 Å². The lowest BCUT2D eigenvalue weighted by atomic mass is 10.3. The molecule has 1 aliphatic rings. The van der Waals surface area contributed by atoms with Crippen LogP contribution in [-0.2, 0) is 11.3 Å². The predicted octanol–water partition coefficient (Wildman–Crippen LogP) is 3.32.